The van der Waals surface area contributed by atoms with E-state index in [9.17, 15) is 24.6 Å². The van der Waals surface area contributed by atoms with Crippen molar-refractivity contribution in [2.45, 2.75) is 5.60 Å². The van der Waals surface area contributed by atoms with E-state index in [4.69, 9.17) is 14.6 Å². The summed E-state index contributed by atoms with van der Waals surface area (Å²) >= 11 is 0. The molecule has 9 nitrogen and oxygen atoms in total. The van der Waals surface area contributed by atoms with Crippen LogP contribution >= 0.6 is 0 Å². The number of carboxylic acid groups (broad SMARTS) is 1. The zero-order valence-corrected chi connectivity index (χ0v) is 16.7. The fourth-order valence-electron chi connectivity index (χ4n) is 4.11. The smallest absolute Gasteiger partial charge is 0.340 e. The molecule has 2 heterocycles. The van der Waals surface area contributed by atoms with Crippen LogP contribution in [0, 0.1) is 0 Å². The molecule has 5 rings (SSSR count). The first-order chi connectivity index (χ1) is 15.8. The molecule has 33 heavy (non-hydrogen) atoms. The number of anilines is 1. The van der Waals surface area contributed by atoms with Gasteiger partial charge in [-0.1, -0.05) is 6.07 Å². The van der Waals surface area contributed by atoms with Gasteiger partial charge in [0.15, 0.2) is 5.60 Å². The number of nitrogens with one attached hydrogen (secondary N) is 1. The van der Waals surface area contributed by atoms with Gasteiger partial charge in [0.2, 0.25) is 5.91 Å². The maximum atomic E-state index is 13.0. The molecule has 2 aliphatic heterocycles. The summed E-state index contributed by atoms with van der Waals surface area (Å²) in [6.07, 6.45) is 1.56. The molecule has 1 amide bonds. The second-order valence-electron chi connectivity index (χ2n) is 7.45. The number of phenols is 2. The quantitative estimate of drug-likeness (QED) is 0.356. The molecule has 0 saturated heterocycles. The van der Waals surface area contributed by atoms with Crippen LogP contribution in [-0.4, -0.2) is 33.2 Å². The van der Waals surface area contributed by atoms with Crippen LogP contribution in [-0.2, 0) is 19.9 Å². The van der Waals surface area contributed by atoms with Crippen molar-refractivity contribution in [2.24, 2.45) is 0 Å². The number of ether oxygens (including phenoxy) is 2. The van der Waals surface area contributed by atoms with Crippen LogP contribution in [0.3, 0.4) is 0 Å². The fraction of sp³-hybridized carbons (Fsp3) is 0.0417. The number of aromatic hydroxyl groups is 2. The Morgan fingerprint density at radius 2 is 1.45 bits per heavy atom. The van der Waals surface area contributed by atoms with E-state index in [1.54, 1.807) is 24.3 Å². The van der Waals surface area contributed by atoms with Gasteiger partial charge in [-0.3, -0.25) is 4.79 Å². The number of amides is 1. The topological polar surface area (TPSA) is 142 Å². The minimum Gasteiger partial charge on any atom is -0.508 e. The number of phenolic OH excluding ortho intramolecular Hbond substituents is 2. The molecule has 3 aromatic rings. The molecule has 1 spiro atoms. The van der Waals surface area contributed by atoms with Crippen molar-refractivity contribution in [1.29, 1.82) is 0 Å². The lowest BCUT2D eigenvalue weighted by Crippen LogP contribution is -2.32. The zero-order valence-electron chi connectivity index (χ0n) is 16.7. The Bertz CT molecular complexity index is 1340. The van der Waals surface area contributed by atoms with Gasteiger partial charge >= 0.3 is 11.9 Å². The molecule has 0 saturated carbocycles. The molecule has 164 valence electrons. The first kappa shape index (κ1) is 20.1. The van der Waals surface area contributed by atoms with Gasteiger partial charge in [-0.25, -0.2) is 9.59 Å². The van der Waals surface area contributed by atoms with Crippen molar-refractivity contribution in [3.63, 3.8) is 0 Å². The number of aliphatic carboxylic acids is 1. The molecule has 0 radical (unpaired) electrons. The molecule has 2 aliphatic rings. The van der Waals surface area contributed by atoms with Crippen LogP contribution in [0.15, 0.2) is 66.7 Å². The average molecular weight is 445 g/mol. The van der Waals surface area contributed by atoms with Gasteiger partial charge in [0, 0.05) is 46.7 Å². The number of carboxylic acids is 1. The highest BCUT2D eigenvalue weighted by atomic mass is 16.6. The third-order valence-electron chi connectivity index (χ3n) is 5.42. The maximum absolute atomic E-state index is 13.0. The Hall–Kier alpha value is -4.79. The Kier molecular flexibility index (Phi) is 4.35. The van der Waals surface area contributed by atoms with E-state index in [1.165, 1.54) is 30.3 Å². The molecule has 0 aliphatic carbocycles. The second kappa shape index (κ2) is 7.13. The van der Waals surface area contributed by atoms with Gasteiger partial charge in [0.05, 0.1) is 5.56 Å². The summed E-state index contributed by atoms with van der Waals surface area (Å²) in [5.74, 6) is -2.18. The summed E-state index contributed by atoms with van der Waals surface area (Å²) in [6, 6.07) is 13.5. The van der Waals surface area contributed by atoms with Crippen LogP contribution in [0.25, 0.3) is 0 Å². The summed E-state index contributed by atoms with van der Waals surface area (Å²) < 4.78 is 11.8. The van der Waals surface area contributed by atoms with E-state index in [0.717, 1.165) is 6.08 Å². The van der Waals surface area contributed by atoms with Crippen molar-refractivity contribution < 1.29 is 39.2 Å². The molecule has 4 N–H and O–H groups in total. The fourth-order valence-corrected chi connectivity index (χ4v) is 4.11. The third-order valence-corrected chi connectivity index (χ3v) is 5.42. The Morgan fingerprint density at radius 3 is 2.06 bits per heavy atom. The van der Waals surface area contributed by atoms with Gasteiger partial charge in [-0.05, 0) is 36.4 Å². The van der Waals surface area contributed by atoms with Crippen molar-refractivity contribution in [3.05, 3.63) is 89.0 Å². The number of rotatable bonds is 3. The Balaban J connectivity index is 1.66. The first-order valence-corrected chi connectivity index (χ1v) is 9.72. The summed E-state index contributed by atoms with van der Waals surface area (Å²) in [5, 5.41) is 31.1. The molecule has 0 bridgehead atoms. The lowest BCUT2D eigenvalue weighted by molar-refractivity contribution is -0.131. The van der Waals surface area contributed by atoms with Crippen LogP contribution in [0.1, 0.15) is 27.0 Å². The molecular formula is C24H15NO8. The highest BCUT2D eigenvalue weighted by Crippen LogP contribution is 2.57. The molecule has 0 fully saturated rings. The molecule has 0 aromatic heterocycles. The van der Waals surface area contributed by atoms with E-state index in [1.807, 2.05) is 0 Å². The van der Waals surface area contributed by atoms with Gasteiger partial charge in [0.1, 0.15) is 23.0 Å². The maximum Gasteiger partial charge on any atom is 0.340 e. The zero-order chi connectivity index (χ0) is 23.3. The predicted octanol–water partition coefficient (Wildman–Crippen LogP) is 3.25. The van der Waals surface area contributed by atoms with Crippen molar-refractivity contribution in [2.75, 3.05) is 5.32 Å². The molecule has 0 atom stereocenters. The SMILES string of the molecule is O=C(O)C=CC(=O)Nc1ccc2c(c1)C(=O)OC21c2ccc(O)cc2Oc2cc(O)ccc21. The van der Waals surface area contributed by atoms with Crippen molar-refractivity contribution in [3.8, 4) is 23.0 Å². The van der Waals surface area contributed by atoms with Crippen molar-refractivity contribution >= 4 is 23.5 Å². The number of hydrogen-bond acceptors (Lipinski definition) is 7. The molecule has 3 aromatic carbocycles. The third kappa shape index (κ3) is 3.14. The number of carbonyl (C=O) groups excluding carboxylic acids is 2. The molecular weight excluding hydrogens is 430 g/mol. The number of esters is 1. The number of fused-ring (bicyclic) bond motifs is 6. The number of hydrogen-bond donors (Lipinski definition) is 4. The summed E-state index contributed by atoms with van der Waals surface area (Å²) in [5.41, 5.74) is 0.497. The van der Waals surface area contributed by atoms with Gasteiger partial charge < -0.3 is 30.1 Å². The lowest BCUT2D eigenvalue weighted by Gasteiger charge is -2.36. The molecule has 9 heteroatoms. The average Bonchev–Trinajstić information content (AvgIpc) is 3.04. The van der Waals surface area contributed by atoms with Crippen LogP contribution in [0.5, 0.6) is 23.0 Å². The second-order valence-corrected chi connectivity index (χ2v) is 7.45. The van der Waals surface area contributed by atoms with Gasteiger partial charge in [0.25, 0.3) is 0 Å². The van der Waals surface area contributed by atoms with Crippen LogP contribution in [0.2, 0.25) is 0 Å². The Labute approximate surface area is 186 Å². The minimum absolute atomic E-state index is 0.0514. The van der Waals surface area contributed by atoms with E-state index in [-0.39, 0.29) is 34.2 Å². The summed E-state index contributed by atoms with van der Waals surface area (Å²) in [6.45, 7) is 0. The standard InChI is InChI=1S/C24H15NO8/c26-13-2-5-17-19(10-13)32-20-11-14(27)3-6-18(20)24(17)16-4-1-12(9-15(16)23(31)33-24)25-21(28)7-8-22(29)30/h1-11,26-27H,(H,25,28)(H,29,30). The highest BCUT2D eigenvalue weighted by molar-refractivity contribution is 6.04. The summed E-state index contributed by atoms with van der Waals surface area (Å²) in [4.78, 5) is 35.5. The van der Waals surface area contributed by atoms with E-state index in [2.05, 4.69) is 5.32 Å². The summed E-state index contributed by atoms with van der Waals surface area (Å²) in [7, 11) is 0. The normalized spacial score (nSPS) is 14.7. The van der Waals surface area contributed by atoms with Crippen LogP contribution < -0.4 is 10.1 Å². The number of benzene rings is 3. The van der Waals surface area contributed by atoms with Crippen molar-refractivity contribution in [1.82, 2.24) is 0 Å². The van der Waals surface area contributed by atoms with E-state index < -0.39 is 23.4 Å². The monoisotopic (exact) mass is 445 g/mol. The largest absolute Gasteiger partial charge is 0.508 e. The predicted molar refractivity (Wildman–Crippen MR) is 113 cm³/mol. The van der Waals surface area contributed by atoms with Crippen LogP contribution in [0.4, 0.5) is 5.69 Å². The number of carbonyl (C=O) groups is 3. The van der Waals surface area contributed by atoms with Gasteiger partial charge in [-0.15, -0.1) is 0 Å². The van der Waals surface area contributed by atoms with E-state index in [0.29, 0.717) is 22.8 Å². The first-order valence-electron chi connectivity index (χ1n) is 9.72. The minimum atomic E-state index is -1.40. The van der Waals surface area contributed by atoms with E-state index >= 15 is 0 Å². The lowest BCUT2D eigenvalue weighted by atomic mass is 9.77. The highest BCUT2D eigenvalue weighted by Gasteiger charge is 2.53. The molecule has 0 unspecified atom stereocenters. The Morgan fingerprint density at radius 1 is 0.848 bits per heavy atom. The van der Waals surface area contributed by atoms with Gasteiger partial charge in [-0.2, -0.15) is 0 Å².